The molecule has 2 amide bonds. The van der Waals surface area contributed by atoms with E-state index in [1.165, 1.54) is 0 Å². The van der Waals surface area contributed by atoms with E-state index in [4.69, 9.17) is 11.5 Å². The van der Waals surface area contributed by atoms with E-state index in [1.54, 1.807) is 24.5 Å². The van der Waals surface area contributed by atoms with Crippen molar-refractivity contribution in [1.82, 2.24) is 4.98 Å². The second-order valence-corrected chi connectivity index (χ2v) is 4.00. The van der Waals surface area contributed by atoms with E-state index in [9.17, 15) is 9.59 Å². The minimum absolute atomic E-state index is 0.138. The van der Waals surface area contributed by atoms with Crippen LogP contribution < -0.4 is 11.5 Å². The molecule has 0 saturated carbocycles. The smallest absolute Gasteiger partial charge is 0.228 e. The summed E-state index contributed by atoms with van der Waals surface area (Å²) in [5, 5.41) is 0. The maximum atomic E-state index is 11.7. The van der Waals surface area contributed by atoms with Gasteiger partial charge >= 0.3 is 0 Å². The molecular formula is C12H17N3O2. The van der Waals surface area contributed by atoms with Gasteiger partial charge in [0.1, 0.15) is 0 Å². The first-order valence-electron chi connectivity index (χ1n) is 5.51. The number of pyridine rings is 1. The van der Waals surface area contributed by atoms with Crippen LogP contribution in [0, 0.1) is 0 Å². The van der Waals surface area contributed by atoms with Crippen molar-refractivity contribution in [2.45, 2.75) is 31.6 Å². The van der Waals surface area contributed by atoms with Gasteiger partial charge in [0.15, 0.2) is 0 Å². The molecule has 92 valence electrons. The molecule has 0 fully saturated rings. The maximum Gasteiger partial charge on any atom is 0.228 e. The van der Waals surface area contributed by atoms with Gasteiger partial charge in [-0.1, -0.05) is 6.92 Å². The van der Waals surface area contributed by atoms with E-state index >= 15 is 0 Å². The molecule has 1 aromatic heterocycles. The minimum atomic E-state index is -0.835. The van der Waals surface area contributed by atoms with Crippen LogP contribution in [0.25, 0.3) is 0 Å². The molecule has 0 aliphatic rings. The second kappa shape index (κ2) is 5.43. The van der Waals surface area contributed by atoms with Crippen LogP contribution in [0.15, 0.2) is 24.5 Å². The monoisotopic (exact) mass is 235 g/mol. The van der Waals surface area contributed by atoms with Crippen molar-refractivity contribution in [2.75, 3.05) is 0 Å². The number of hydrogen-bond acceptors (Lipinski definition) is 3. The largest absolute Gasteiger partial charge is 0.370 e. The number of primary amides is 2. The van der Waals surface area contributed by atoms with Crippen molar-refractivity contribution in [3.63, 3.8) is 0 Å². The number of aromatic nitrogens is 1. The van der Waals surface area contributed by atoms with Crippen LogP contribution in [0.1, 0.15) is 31.7 Å². The van der Waals surface area contributed by atoms with Gasteiger partial charge in [0.05, 0.1) is 5.41 Å². The molecule has 5 heteroatoms. The summed E-state index contributed by atoms with van der Waals surface area (Å²) >= 11 is 0. The lowest BCUT2D eigenvalue weighted by Crippen LogP contribution is -2.41. The SMILES string of the molecule is CCC(CCC(N)=O)(C(N)=O)c1ccncc1. The molecule has 0 radical (unpaired) electrons. The summed E-state index contributed by atoms with van der Waals surface area (Å²) in [5.74, 6) is -0.870. The van der Waals surface area contributed by atoms with Crippen LogP contribution in [0.5, 0.6) is 0 Å². The van der Waals surface area contributed by atoms with Crippen molar-refractivity contribution >= 4 is 11.8 Å². The Balaban J connectivity index is 3.09. The Hall–Kier alpha value is -1.91. The fraction of sp³-hybridized carbons (Fsp3) is 0.417. The van der Waals surface area contributed by atoms with Crippen LogP contribution >= 0.6 is 0 Å². The summed E-state index contributed by atoms with van der Waals surface area (Å²) in [6.07, 6.45) is 4.21. The van der Waals surface area contributed by atoms with Crippen LogP contribution in [0.4, 0.5) is 0 Å². The van der Waals surface area contributed by atoms with Crippen LogP contribution in [-0.4, -0.2) is 16.8 Å². The zero-order valence-electron chi connectivity index (χ0n) is 9.85. The summed E-state index contributed by atoms with van der Waals surface area (Å²) in [6, 6.07) is 3.49. The van der Waals surface area contributed by atoms with E-state index in [1.807, 2.05) is 6.92 Å². The Morgan fingerprint density at radius 2 is 1.88 bits per heavy atom. The van der Waals surface area contributed by atoms with Gasteiger partial charge in [-0.05, 0) is 30.5 Å². The average molecular weight is 235 g/mol. The first kappa shape index (κ1) is 13.2. The third kappa shape index (κ3) is 2.81. The van der Waals surface area contributed by atoms with Crippen molar-refractivity contribution in [1.29, 1.82) is 0 Å². The molecule has 1 heterocycles. The van der Waals surface area contributed by atoms with Crippen LogP contribution in [-0.2, 0) is 15.0 Å². The maximum absolute atomic E-state index is 11.7. The molecular weight excluding hydrogens is 218 g/mol. The third-order valence-corrected chi connectivity index (χ3v) is 3.11. The van der Waals surface area contributed by atoms with Crippen LogP contribution in [0.3, 0.4) is 0 Å². The van der Waals surface area contributed by atoms with Crippen molar-refractivity contribution in [3.05, 3.63) is 30.1 Å². The number of carbonyl (C=O) groups is 2. The third-order valence-electron chi connectivity index (χ3n) is 3.11. The molecule has 0 saturated heterocycles. The molecule has 1 aromatic rings. The van der Waals surface area contributed by atoms with E-state index in [0.29, 0.717) is 12.8 Å². The molecule has 0 aliphatic heterocycles. The molecule has 4 N–H and O–H groups in total. The number of carbonyl (C=O) groups excluding carboxylic acids is 2. The zero-order valence-corrected chi connectivity index (χ0v) is 9.85. The number of hydrogen-bond donors (Lipinski definition) is 2. The molecule has 0 bridgehead atoms. The van der Waals surface area contributed by atoms with E-state index < -0.39 is 17.2 Å². The Kier molecular flexibility index (Phi) is 4.20. The quantitative estimate of drug-likeness (QED) is 0.750. The predicted molar refractivity (Wildman–Crippen MR) is 63.8 cm³/mol. The summed E-state index contributed by atoms with van der Waals surface area (Å²) in [4.78, 5) is 26.5. The fourth-order valence-electron chi connectivity index (χ4n) is 1.97. The Morgan fingerprint density at radius 1 is 1.29 bits per heavy atom. The van der Waals surface area contributed by atoms with Crippen molar-refractivity contribution < 1.29 is 9.59 Å². The van der Waals surface area contributed by atoms with Gasteiger partial charge in [0.2, 0.25) is 11.8 Å². The average Bonchev–Trinajstić information content (AvgIpc) is 2.31. The molecule has 1 atom stereocenters. The first-order valence-corrected chi connectivity index (χ1v) is 5.51. The van der Waals surface area contributed by atoms with E-state index in [0.717, 1.165) is 5.56 Å². The second-order valence-electron chi connectivity index (χ2n) is 4.00. The first-order chi connectivity index (χ1) is 8.03. The topological polar surface area (TPSA) is 99.1 Å². The molecule has 0 spiro atoms. The lowest BCUT2D eigenvalue weighted by atomic mass is 9.74. The molecule has 0 aliphatic carbocycles. The lowest BCUT2D eigenvalue weighted by Gasteiger charge is -2.29. The zero-order chi connectivity index (χ0) is 12.9. The minimum Gasteiger partial charge on any atom is -0.370 e. The molecule has 1 unspecified atom stereocenters. The van der Waals surface area contributed by atoms with Crippen LogP contribution in [0.2, 0.25) is 0 Å². The standard InChI is InChI=1S/C12H17N3O2/c1-2-12(11(14)17,6-3-10(13)16)9-4-7-15-8-5-9/h4-5,7-8H,2-3,6H2,1H3,(H2,13,16)(H2,14,17). The predicted octanol–water partition coefficient (Wildman–Crippen LogP) is 0.480. The van der Waals surface area contributed by atoms with Crippen molar-refractivity contribution in [2.24, 2.45) is 11.5 Å². The van der Waals surface area contributed by atoms with Crippen molar-refractivity contribution in [3.8, 4) is 0 Å². The van der Waals surface area contributed by atoms with Gasteiger partial charge in [0, 0.05) is 18.8 Å². The van der Waals surface area contributed by atoms with E-state index in [-0.39, 0.29) is 6.42 Å². The Morgan fingerprint density at radius 3 is 2.29 bits per heavy atom. The van der Waals surface area contributed by atoms with Gasteiger partial charge in [-0.3, -0.25) is 14.6 Å². The fourth-order valence-corrected chi connectivity index (χ4v) is 1.97. The number of nitrogens with two attached hydrogens (primary N) is 2. The summed E-state index contributed by atoms with van der Waals surface area (Å²) in [5.41, 5.74) is 10.6. The number of nitrogens with zero attached hydrogens (tertiary/aromatic N) is 1. The highest BCUT2D eigenvalue weighted by atomic mass is 16.1. The summed E-state index contributed by atoms with van der Waals surface area (Å²) < 4.78 is 0. The van der Waals surface area contributed by atoms with Gasteiger partial charge in [-0.25, -0.2) is 0 Å². The number of rotatable bonds is 6. The molecule has 5 nitrogen and oxygen atoms in total. The summed E-state index contributed by atoms with van der Waals surface area (Å²) in [7, 11) is 0. The van der Waals surface area contributed by atoms with E-state index in [2.05, 4.69) is 4.98 Å². The van der Waals surface area contributed by atoms with Gasteiger partial charge in [-0.2, -0.15) is 0 Å². The molecule has 17 heavy (non-hydrogen) atoms. The van der Waals surface area contributed by atoms with Gasteiger partial charge < -0.3 is 11.5 Å². The number of amides is 2. The Labute approximate surface area is 100 Å². The molecule has 0 aromatic carbocycles. The highest BCUT2D eigenvalue weighted by Crippen LogP contribution is 2.32. The Bertz CT molecular complexity index is 405. The van der Waals surface area contributed by atoms with Gasteiger partial charge in [0.25, 0.3) is 0 Å². The molecule has 1 rings (SSSR count). The highest BCUT2D eigenvalue weighted by Gasteiger charge is 2.36. The highest BCUT2D eigenvalue weighted by molar-refractivity contribution is 5.87. The summed E-state index contributed by atoms with van der Waals surface area (Å²) in [6.45, 7) is 1.87. The lowest BCUT2D eigenvalue weighted by molar-refractivity contribution is -0.124. The van der Waals surface area contributed by atoms with Gasteiger partial charge in [-0.15, -0.1) is 0 Å². The normalized spacial score (nSPS) is 13.9.